The number of carbonyl (C=O) groups excluding carboxylic acids is 1. The van der Waals surface area contributed by atoms with Gasteiger partial charge in [0.15, 0.2) is 0 Å². The van der Waals surface area contributed by atoms with Crippen molar-refractivity contribution in [2.45, 2.75) is 6.42 Å². The largest absolute Gasteiger partial charge is 0.497 e. The average molecular weight is 339 g/mol. The molecule has 0 spiro atoms. The Morgan fingerprint density at radius 1 is 1.08 bits per heavy atom. The van der Waals surface area contributed by atoms with Gasteiger partial charge in [-0.1, -0.05) is 12.1 Å². The van der Waals surface area contributed by atoms with E-state index in [1.165, 1.54) is 0 Å². The number of fused-ring (bicyclic) bond motifs is 1. The number of aromatic nitrogens is 2. The van der Waals surface area contributed by atoms with E-state index in [1.54, 1.807) is 48.5 Å². The van der Waals surface area contributed by atoms with Gasteiger partial charge in [-0.3, -0.25) is 13.9 Å². The molecular formula is C19H21N3O3. The zero-order valence-electron chi connectivity index (χ0n) is 14.6. The molecule has 1 heterocycles. The second kappa shape index (κ2) is 6.84. The van der Waals surface area contributed by atoms with Gasteiger partial charge < -0.3 is 10.1 Å². The van der Waals surface area contributed by atoms with Crippen LogP contribution in [0.5, 0.6) is 5.75 Å². The normalized spacial score (nSPS) is 10.8. The van der Waals surface area contributed by atoms with Crippen molar-refractivity contribution in [3.8, 4) is 5.75 Å². The van der Waals surface area contributed by atoms with Gasteiger partial charge in [0, 0.05) is 26.2 Å². The Morgan fingerprint density at radius 2 is 1.84 bits per heavy atom. The number of imidazole rings is 1. The van der Waals surface area contributed by atoms with Crippen molar-refractivity contribution in [3.05, 3.63) is 64.1 Å². The summed E-state index contributed by atoms with van der Waals surface area (Å²) in [5, 5.41) is 2.92. The summed E-state index contributed by atoms with van der Waals surface area (Å²) < 4.78 is 8.31. The topological polar surface area (TPSA) is 65.3 Å². The van der Waals surface area contributed by atoms with Gasteiger partial charge in [-0.15, -0.1) is 0 Å². The fraction of sp³-hybridized carbons (Fsp3) is 0.263. The second-order valence-corrected chi connectivity index (χ2v) is 5.96. The first-order valence-electron chi connectivity index (χ1n) is 8.08. The summed E-state index contributed by atoms with van der Waals surface area (Å²) in [5.41, 5.74) is 3.08. The van der Waals surface area contributed by atoms with Gasteiger partial charge in [-0.2, -0.15) is 0 Å². The molecule has 0 saturated heterocycles. The number of methoxy groups -OCH3 is 1. The van der Waals surface area contributed by atoms with Crippen LogP contribution in [0.15, 0.2) is 47.3 Å². The monoisotopic (exact) mass is 339 g/mol. The zero-order valence-corrected chi connectivity index (χ0v) is 14.6. The van der Waals surface area contributed by atoms with E-state index in [0.717, 1.165) is 28.8 Å². The molecule has 0 bridgehead atoms. The lowest BCUT2D eigenvalue weighted by Crippen LogP contribution is -2.25. The van der Waals surface area contributed by atoms with Crippen LogP contribution in [0, 0.1) is 0 Å². The predicted molar refractivity (Wildman–Crippen MR) is 97.2 cm³/mol. The molecule has 3 rings (SSSR count). The van der Waals surface area contributed by atoms with Crippen molar-refractivity contribution in [2.24, 2.45) is 14.1 Å². The molecule has 1 amide bonds. The summed E-state index contributed by atoms with van der Waals surface area (Å²) in [4.78, 5) is 24.3. The molecule has 0 atom stereocenters. The first-order valence-corrected chi connectivity index (χ1v) is 8.08. The number of carbonyl (C=O) groups is 1. The maximum absolute atomic E-state index is 12.4. The van der Waals surface area contributed by atoms with Crippen molar-refractivity contribution < 1.29 is 9.53 Å². The Morgan fingerprint density at radius 3 is 2.60 bits per heavy atom. The third-order valence-electron chi connectivity index (χ3n) is 4.37. The fourth-order valence-corrected chi connectivity index (χ4v) is 2.90. The van der Waals surface area contributed by atoms with Crippen LogP contribution >= 0.6 is 0 Å². The number of nitrogens with one attached hydrogen (secondary N) is 1. The fourth-order valence-electron chi connectivity index (χ4n) is 2.90. The molecule has 0 aliphatic rings. The minimum atomic E-state index is -0.152. The van der Waals surface area contributed by atoms with Crippen LogP contribution in [0.1, 0.15) is 15.9 Å². The average Bonchev–Trinajstić information content (AvgIpc) is 2.86. The van der Waals surface area contributed by atoms with Crippen LogP contribution in [0.3, 0.4) is 0 Å². The van der Waals surface area contributed by atoms with Crippen molar-refractivity contribution in [1.29, 1.82) is 0 Å². The van der Waals surface area contributed by atoms with Gasteiger partial charge in [0.25, 0.3) is 5.91 Å². The molecule has 0 aliphatic carbocycles. The highest BCUT2D eigenvalue weighted by molar-refractivity contribution is 5.97. The van der Waals surface area contributed by atoms with Crippen LogP contribution in [0.2, 0.25) is 0 Å². The summed E-state index contributed by atoms with van der Waals surface area (Å²) in [7, 11) is 5.06. The van der Waals surface area contributed by atoms with E-state index >= 15 is 0 Å². The second-order valence-electron chi connectivity index (χ2n) is 5.96. The zero-order chi connectivity index (χ0) is 18.0. The number of amides is 1. The predicted octanol–water partition coefficient (Wildman–Crippen LogP) is 1.86. The highest BCUT2D eigenvalue weighted by Gasteiger charge is 2.11. The van der Waals surface area contributed by atoms with Crippen LogP contribution in [0.25, 0.3) is 11.0 Å². The summed E-state index contributed by atoms with van der Waals surface area (Å²) >= 11 is 0. The number of hydrogen-bond donors (Lipinski definition) is 1. The van der Waals surface area contributed by atoms with E-state index in [0.29, 0.717) is 12.1 Å². The standard InChI is InChI=1S/C19H21N3O3/c1-21-16-8-7-14(12-17(16)22(2)19(21)24)18(23)20-10-9-13-5-4-6-15(11-13)25-3/h4-8,11-12H,9-10H2,1-3H3,(H,20,23). The Balaban J connectivity index is 1.70. The molecule has 130 valence electrons. The Hall–Kier alpha value is -3.02. The molecule has 25 heavy (non-hydrogen) atoms. The van der Waals surface area contributed by atoms with Crippen molar-refractivity contribution in [3.63, 3.8) is 0 Å². The number of ether oxygens (including phenoxy) is 1. The molecule has 1 aromatic heterocycles. The molecule has 6 nitrogen and oxygen atoms in total. The lowest BCUT2D eigenvalue weighted by atomic mass is 10.1. The third-order valence-corrected chi connectivity index (χ3v) is 4.37. The minimum absolute atomic E-state index is 0.106. The number of benzene rings is 2. The van der Waals surface area contributed by atoms with Gasteiger partial charge in [0.2, 0.25) is 0 Å². The van der Waals surface area contributed by atoms with Crippen LogP contribution in [-0.4, -0.2) is 28.7 Å². The number of hydrogen-bond acceptors (Lipinski definition) is 3. The molecular weight excluding hydrogens is 318 g/mol. The van der Waals surface area contributed by atoms with Crippen molar-refractivity contribution in [1.82, 2.24) is 14.5 Å². The Bertz CT molecular complexity index is 985. The van der Waals surface area contributed by atoms with Crippen LogP contribution in [0.4, 0.5) is 0 Å². The number of nitrogens with zero attached hydrogens (tertiary/aromatic N) is 2. The van der Waals surface area contributed by atoms with E-state index < -0.39 is 0 Å². The lowest BCUT2D eigenvalue weighted by Gasteiger charge is -2.07. The SMILES string of the molecule is COc1cccc(CCNC(=O)c2ccc3c(c2)n(C)c(=O)n3C)c1. The minimum Gasteiger partial charge on any atom is -0.497 e. The van der Waals surface area contributed by atoms with Crippen LogP contribution in [-0.2, 0) is 20.5 Å². The summed E-state index contributed by atoms with van der Waals surface area (Å²) in [6, 6.07) is 13.1. The van der Waals surface area contributed by atoms with Gasteiger partial charge >= 0.3 is 5.69 Å². The summed E-state index contributed by atoms with van der Waals surface area (Å²) in [5.74, 6) is 0.653. The van der Waals surface area contributed by atoms with E-state index in [2.05, 4.69) is 5.32 Å². The highest BCUT2D eigenvalue weighted by Crippen LogP contribution is 2.15. The molecule has 0 radical (unpaired) electrons. The van der Waals surface area contributed by atoms with Gasteiger partial charge in [-0.05, 0) is 42.3 Å². The summed E-state index contributed by atoms with van der Waals surface area (Å²) in [6.45, 7) is 0.526. The molecule has 3 aromatic rings. The number of aryl methyl sites for hydroxylation is 2. The van der Waals surface area contributed by atoms with Crippen molar-refractivity contribution >= 4 is 16.9 Å². The molecule has 6 heteroatoms. The molecule has 0 fully saturated rings. The Labute approximate surface area is 145 Å². The molecule has 0 saturated carbocycles. The lowest BCUT2D eigenvalue weighted by molar-refractivity contribution is 0.0954. The van der Waals surface area contributed by atoms with E-state index in [-0.39, 0.29) is 11.6 Å². The van der Waals surface area contributed by atoms with Gasteiger partial charge in [0.1, 0.15) is 5.75 Å². The van der Waals surface area contributed by atoms with Crippen molar-refractivity contribution in [2.75, 3.05) is 13.7 Å². The maximum atomic E-state index is 12.4. The molecule has 0 unspecified atom stereocenters. The maximum Gasteiger partial charge on any atom is 0.328 e. The Kier molecular flexibility index (Phi) is 4.61. The first-order chi connectivity index (χ1) is 12.0. The molecule has 2 aromatic carbocycles. The van der Waals surface area contributed by atoms with Gasteiger partial charge in [0.05, 0.1) is 18.1 Å². The summed E-state index contributed by atoms with van der Waals surface area (Å²) in [6.07, 6.45) is 0.717. The molecule has 0 aliphatic heterocycles. The number of rotatable bonds is 5. The van der Waals surface area contributed by atoms with E-state index in [1.807, 2.05) is 24.3 Å². The van der Waals surface area contributed by atoms with Crippen LogP contribution < -0.4 is 15.7 Å². The molecule has 1 N–H and O–H groups in total. The van der Waals surface area contributed by atoms with E-state index in [4.69, 9.17) is 4.74 Å². The van der Waals surface area contributed by atoms with Gasteiger partial charge in [-0.25, -0.2) is 4.79 Å². The highest BCUT2D eigenvalue weighted by atomic mass is 16.5. The smallest absolute Gasteiger partial charge is 0.328 e. The van der Waals surface area contributed by atoms with E-state index in [9.17, 15) is 9.59 Å². The first kappa shape index (κ1) is 16.8. The third kappa shape index (κ3) is 3.28. The quantitative estimate of drug-likeness (QED) is 0.772.